The molecule has 8 heteroatoms. The Balaban J connectivity index is 2.10. The number of aliphatic carboxylic acids is 1. The van der Waals surface area contributed by atoms with Gasteiger partial charge in [0.1, 0.15) is 17.2 Å². The Hall–Kier alpha value is -3.21. The van der Waals surface area contributed by atoms with E-state index in [9.17, 15) is 18.0 Å². The smallest absolute Gasteiger partial charge is 0.393 e. The van der Waals surface area contributed by atoms with Crippen molar-refractivity contribution in [3.63, 3.8) is 0 Å². The molecule has 2 aromatic carbocycles. The van der Waals surface area contributed by atoms with Crippen molar-refractivity contribution in [2.75, 3.05) is 0 Å². The highest BCUT2D eigenvalue weighted by atomic mass is 19.4. The maximum atomic E-state index is 12.6. The Morgan fingerprint density at radius 3 is 1.92 bits per heavy atom. The number of rotatable bonds is 6. The van der Waals surface area contributed by atoms with Crippen LogP contribution in [-0.2, 0) is 4.79 Å². The summed E-state index contributed by atoms with van der Waals surface area (Å²) in [5, 5.41) is 17.8. The van der Waals surface area contributed by atoms with Crippen LogP contribution in [0.4, 0.5) is 13.2 Å². The van der Waals surface area contributed by atoms with Crippen LogP contribution in [0, 0.1) is 11.3 Å². The van der Waals surface area contributed by atoms with Crippen LogP contribution in [0.2, 0.25) is 0 Å². The lowest BCUT2D eigenvalue weighted by atomic mass is 10.0. The number of benzene rings is 2. The Kier molecular flexibility index (Phi) is 5.41. The van der Waals surface area contributed by atoms with Crippen LogP contribution < -0.4 is 9.47 Å². The van der Waals surface area contributed by atoms with Crippen molar-refractivity contribution in [2.45, 2.75) is 25.1 Å². The fourth-order valence-electron chi connectivity index (χ4n) is 2.11. The lowest BCUT2D eigenvalue weighted by Gasteiger charge is -2.27. The van der Waals surface area contributed by atoms with Crippen LogP contribution in [-0.4, -0.2) is 22.9 Å². The Morgan fingerprint density at radius 2 is 1.50 bits per heavy atom. The van der Waals surface area contributed by atoms with Crippen molar-refractivity contribution in [2.24, 2.45) is 0 Å². The van der Waals surface area contributed by atoms with Gasteiger partial charge in [0.15, 0.2) is 0 Å². The van der Waals surface area contributed by atoms with E-state index in [1.807, 2.05) is 6.07 Å². The summed E-state index contributed by atoms with van der Waals surface area (Å²) in [6.45, 7) is 0.865. The van der Waals surface area contributed by atoms with Gasteiger partial charge in [0.05, 0.1) is 18.1 Å². The molecule has 136 valence electrons. The van der Waals surface area contributed by atoms with E-state index >= 15 is 0 Å². The second-order valence-corrected chi connectivity index (χ2v) is 5.64. The number of carboxylic acid groups (broad SMARTS) is 1. The number of alkyl halides is 3. The van der Waals surface area contributed by atoms with Crippen LogP contribution in [0.5, 0.6) is 17.2 Å². The molecule has 0 saturated carbocycles. The number of carbonyl (C=O) groups is 1. The maximum Gasteiger partial charge on any atom is 0.393 e. The minimum absolute atomic E-state index is 0.0358. The van der Waals surface area contributed by atoms with E-state index in [4.69, 9.17) is 19.8 Å². The Morgan fingerprint density at radius 1 is 1.04 bits per heavy atom. The molecule has 0 bridgehead atoms. The monoisotopic (exact) mass is 365 g/mol. The lowest BCUT2D eigenvalue weighted by molar-refractivity contribution is -0.186. The van der Waals surface area contributed by atoms with E-state index in [1.165, 1.54) is 24.3 Å². The first-order valence-corrected chi connectivity index (χ1v) is 7.38. The predicted molar refractivity (Wildman–Crippen MR) is 85.0 cm³/mol. The number of ether oxygens (including phenoxy) is 2. The molecule has 1 unspecified atom stereocenters. The number of nitrogens with zero attached hydrogens (tertiary/aromatic N) is 1. The Bertz CT molecular complexity index is 810. The first-order chi connectivity index (χ1) is 12.1. The number of nitriles is 1. The molecule has 0 fully saturated rings. The first-order valence-electron chi connectivity index (χ1n) is 7.38. The molecule has 26 heavy (non-hydrogen) atoms. The van der Waals surface area contributed by atoms with Crippen molar-refractivity contribution >= 4 is 5.97 Å². The van der Waals surface area contributed by atoms with Crippen molar-refractivity contribution in [1.29, 1.82) is 5.26 Å². The van der Waals surface area contributed by atoms with Gasteiger partial charge in [-0.2, -0.15) is 18.4 Å². The van der Waals surface area contributed by atoms with Crippen LogP contribution in [0.25, 0.3) is 0 Å². The van der Waals surface area contributed by atoms with Gasteiger partial charge >= 0.3 is 12.1 Å². The summed E-state index contributed by atoms with van der Waals surface area (Å²) in [5.74, 6) is -0.918. The van der Waals surface area contributed by atoms with Gasteiger partial charge in [0.25, 0.3) is 0 Å². The third kappa shape index (κ3) is 5.14. The van der Waals surface area contributed by atoms with Gasteiger partial charge in [-0.25, -0.2) is 4.79 Å². The molecule has 0 aliphatic carbocycles. The largest absolute Gasteiger partial charge is 0.478 e. The fourth-order valence-corrected chi connectivity index (χ4v) is 2.11. The van der Waals surface area contributed by atoms with E-state index in [0.717, 1.165) is 6.92 Å². The summed E-state index contributed by atoms with van der Waals surface area (Å²) in [7, 11) is 0. The summed E-state index contributed by atoms with van der Waals surface area (Å²) in [4.78, 5) is 11.2. The first kappa shape index (κ1) is 19.1. The van der Waals surface area contributed by atoms with E-state index in [2.05, 4.69) is 0 Å². The van der Waals surface area contributed by atoms with Gasteiger partial charge in [-0.1, -0.05) is 0 Å². The number of carboxylic acids is 1. The van der Waals surface area contributed by atoms with Crippen LogP contribution in [0.1, 0.15) is 18.9 Å². The molecule has 0 amide bonds. The molecular weight excluding hydrogens is 351 g/mol. The third-order valence-corrected chi connectivity index (χ3v) is 3.38. The molecule has 5 nitrogen and oxygen atoms in total. The number of halogens is 3. The molecule has 1 N–H and O–H groups in total. The SMILES string of the molecule is CC(CC(F)(F)F)(Oc1ccc(Oc2ccc(C#N)cc2)cc1)C(=O)O. The zero-order valence-corrected chi connectivity index (χ0v) is 13.6. The highest BCUT2D eigenvalue weighted by molar-refractivity contribution is 5.77. The predicted octanol–water partition coefficient (Wildman–Crippen LogP) is 4.53. The lowest BCUT2D eigenvalue weighted by Crippen LogP contribution is -2.45. The molecule has 0 heterocycles. The number of hydrogen-bond donors (Lipinski definition) is 1. The third-order valence-electron chi connectivity index (χ3n) is 3.38. The van der Waals surface area contributed by atoms with Crippen LogP contribution in [0.15, 0.2) is 48.5 Å². The molecule has 0 aliphatic heterocycles. The van der Waals surface area contributed by atoms with Gasteiger partial charge in [0.2, 0.25) is 5.60 Å². The molecule has 0 aromatic heterocycles. The second kappa shape index (κ2) is 7.35. The molecule has 2 aromatic rings. The Labute approximate surface area is 147 Å². The van der Waals surface area contributed by atoms with Gasteiger partial charge < -0.3 is 14.6 Å². The van der Waals surface area contributed by atoms with Crippen LogP contribution >= 0.6 is 0 Å². The zero-order valence-electron chi connectivity index (χ0n) is 13.6. The molecule has 0 spiro atoms. The van der Waals surface area contributed by atoms with Crippen molar-refractivity contribution in [1.82, 2.24) is 0 Å². The van der Waals surface area contributed by atoms with Crippen molar-refractivity contribution in [3.8, 4) is 23.3 Å². The second-order valence-electron chi connectivity index (χ2n) is 5.64. The minimum atomic E-state index is -4.69. The molecule has 0 aliphatic rings. The van der Waals surface area contributed by atoms with E-state index < -0.39 is 24.2 Å². The summed E-state index contributed by atoms with van der Waals surface area (Å²) in [5.41, 5.74) is -1.97. The van der Waals surface area contributed by atoms with E-state index in [0.29, 0.717) is 17.1 Å². The zero-order chi connectivity index (χ0) is 19.4. The number of hydrogen-bond acceptors (Lipinski definition) is 4. The topological polar surface area (TPSA) is 79.5 Å². The summed E-state index contributed by atoms with van der Waals surface area (Å²) in [6, 6.07) is 13.8. The van der Waals surface area contributed by atoms with Gasteiger partial charge in [0, 0.05) is 0 Å². The normalized spacial score (nSPS) is 13.3. The summed E-state index contributed by atoms with van der Waals surface area (Å²) in [6.07, 6.45) is -6.31. The quantitative estimate of drug-likeness (QED) is 0.814. The highest BCUT2D eigenvalue weighted by Gasteiger charge is 2.46. The summed E-state index contributed by atoms with van der Waals surface area (Å²) >= 11 is 0. The standard InChI is InChI=1S/C18H14F3NO4/c1-17(16(23)24,11-18(19,20)21)26-15-8-6-14(7-9-15)25-13-4-2-12(10-22)3-5-13/h2-9H,11H2,1H3,(H,23,24). The average molecular weight is 365 g/mol. The van der Waals surface area contributed by atoms with Gasteiger partial charge in [-0.3, -0.25) is 0 Å². The maximum absolute atomic E-state index is 12.6. The molecule has 0 saturated heterocycles. The van der Waals surface area contributed by atoms with Gasteiger partial charge in [-0.05, 0) is 55.5 Å². The van der Waals surface area contributed by atoms with Crippen molar-refractivity contribution in [3.05, 3.63) is 54.1 Å². The van der Waals surface area contributed by atoms with Crippen molar-refractivity contribution < 1.29 is 32.5 Å². The fraction of sp³-hybridized carbons (Fsp3) is 0.222. The van der Waals surface area contributed by atoms with Crippen LogP contribution in [0.3, 0.4) is 0 Å². The molecular formula is C18H14F3NO4. The molecule has 1 atom stereocenters. The van der Waals surface area contributed by atoms with E-state index in [-0.39, 0.29) is 5.75 Å². The summed E-state index contributed by atoms with van der Waals surface area (Å²) < 4.78 is 48.4. The molecule has 2 rings (SSSR count). The average Bonchev–Trinajstić information content (AvgIpc) is 2.55. The molecule has 0 radical (unpaired) electrons. The minimum Gasteiger partial charge on any atom is -0.478 e. The highest BCUT2D eigenvalue weighted by Crippen LogP contribution is 2.32. The van der Waals surface area contributed by atoms with Gasteiger partial charge in [-0.15, -0.1) is 0 Å². The van der Waals surface area contributed by atoms with E-state index in [1.54, 1.807) is 24.3 Å².